The molecule has 0 bridgehead atoms. The number of halogens is 2. The molecule has 0 N–H and O–H groups in total. The Labute approximate surface area is 59.2 Å². The van der Waals surface area contributed by atoms with Crippen LogP contribution in [-0.2, 0) is 0 Å². The highest BCUT2D eigenvalue weighted by molar-refractivity contribution is 5.30. The molecule has 55 valence electrons. The van der Waals surface area contributed by atoms with Crippen molar-refractivity contribution in [1.82, 2.24) is 0 Å². The number of hydrogen-bond acceptors (Lipinski definition) is 0. The topological polar surface area (TPSA) is 0 Å². The van der Waals surface area contributed by atoms with Crippen LogP contribution < -0.4 is 0 Å². The minimum atomic E-state index is -1.56. The molecule has 0 saturated heterocycles. The fourth-order valence-electron chi connectivity index (χ4n) is 0.845. The number of hydrogen-bond donors (Lipinski definition) is 0. The van der Waals surface area contributed by atoms with E-state index in [1.165, 1.54) is 18.6 Å². The molecule has 1 radical (unpaired) electrons. The third kappa shape index (κ3) is 1.43. The molecular weight excluding hydrogens is 134 g/mol. The van der Waals surface area contributed by atoms with Crippen LogP contribution in [0.4, 0.5) is 8.78 Å². The summed E-state index contributed by atoms with van der Waals surface area (Å²) in [5.41, 5.74) is -1.56. The molecule has 1 rings (SSSR count). The number of alkyl halides is 1. The van der Waals surface area contributed by atoms with Gasteiger partial charge < -0.3 is 0 Å². The third-order valence-corrected chi connectivity index (χ3v) is 1.55. The molecular formula is C8H9F2. The van der Waals surface area contributed by atoms with Gasteiger partial charge in [-0.05, 0) is 18.6 Å². The Kier molecular flexibility index (Phi) is 1.88. The molecule has 0 nitrogen and oxygen atoms in total. The van der Waals surface area contributed by atoms with Crippen molar-refractivity contribution in [3.8, 4) is 0 Å². The van der Waals surface area contributed by atoms with Crippen LogP contribution in [0.3, 0.4) is 0 Å². The Balaban J connectivity index is 2.78. The van der Waals surface area contributed by atoms with Crippen molar-refractivity contribution < 1.29 is 8.78 Å². The normalized spacial score (nSPS) is 32.1. The standard InChI is InChI=1S/C8H9F2/c1-2-8(10)5-3-4-7(9)6-8/h3-6H,2H2,1H3. The van der Waals surface area contributed by atoms with Gasteiger partial charge in [-0.1, -0.05) is 13.0 Å². The molecule has 0 spiro atoms. The molecule has 1 aliphatic rings. The third-order valence-electron chi connectivity index (χ3n) is 1.55. The molecule has 10 heavy (non-hydrogen) atoms. The van der Waals surface area contributed by atoms with Gasteiger partial charge in [0, 0.05) is 6.42 Å². The summed E-state index contributed by atoms with van der Waals surface area (Å²) in [6, 6.07) is 0. The Morgan fingerprint density at radius 3 is 2.70 bits per heavy atom. The highest BCUT2D eigenvalue weighted by atomic mass is 19.1. The summed E-state index contributed by atoms with van der Waals surface area (Å²) in [6.07, 6.45) is 5.28. The zero-order chi connectivity index (χ0) is 7.61. The van der Waals surface area contributed by atoms with E-state index in [0.29, 0.717) is 0 Å². The van der Waals surface area contributed by atoms with E-state index >= 15 is 0 Å². The molecule has 0 aromatic heterocycles. The Morgan fingerprint density at radius 2 is 2.30 bits per heavy atom. The van der Waals surface area contributed by atoms with Crippen molar-refractivity contribution in [3.05, 3.63) is 30.5 Å². The lowest BCUT2D eigenvalue weighted by molar-refractivity contribution is 0.282. The molecule has 2 heteroatoms. The average Bonchev–Trinajstić information content (AvgIpc) is 1.88. The van der Waals surface area contributed by atoms with Gasteiger partial charge in [0.1, 0.15) is 11.5 Å². The average molecular weight is 143 g/mol. The summed E-state index contributed by atoms with van der Waals surface area (Å²) in [6.45, 7) is 1.68. The van der Waals surface area contributed by atoms with Gasteiger partial charge in [0.25, 0.3) is 0 Å². The first kappa shape index (κ1) is 7.45. The zero-order valence-corrected chi connectivity index (χ0v) is 5.77. The monoisotopic (exact) mass is 143 g/mol. The Morgan fingerprint density at radius 1 is 1.60 bits per heavy atom. The van der Waals surface area contributed by atoms with Gasteiger partial charge in [-0.2, -0.15) is 0 Å². The molecule has 0 saturated carbocycles. The second-order valence-corrected chi connectivity index (χ2v) is 2.34. The summed E-state index contributed by atoms with van der Waals surface area (Å²) in [4.78, 5) is 0. The van der Waals surface area contributed by atoms with Crippen molar-refractivity contribution >= 4 is 0 Å². The second kappa shape index (κ2) is 2.52. The van der Waals surface area contributed by atoms with Crippen LogP contribution in [0, 0.1) is 6.42 Å². The van der Waals surface area contributed by atoms with Gasteiger partial charge in [-0.15, -0.1) is 0 Å². The highest BCUT2D eigenvalue weighted by Crippen LogP contribution is 2.26. The van der Waals surface area contributed by atoms with E-state index in [9.17, 15) is 8.78 Å². The van der Waals surface area contributed by atoms with E-state index in [-0.39, 0.29) is 6.42 Å². The van der Waals surface area contributed by atoms with Crippen molar-refractivity contribution in [2.45, 2.75) is 19.0 Å². The van der Waals surface area contributed by atoms with E-state index in [1.54, 1.807) is 6.92 Å². The number of rotatable bonds is 1. The molecule has 0 aromatic carbocycles. The molecule has 1 aliphatic carbocycles. The maximum absolute atomic E-state index is 13.1. The summed E-state index contributed by atoms with van der Waals surface area (Å²) >= 11 is 0. The largest absolute Gasteiger partial charge is 0.235 e. The molecule has 0 amide bonds. The lowest BCUT2D eigenvalue weighted by Gasteiger charge is -2.17. The summed E-state index contributed by atoms with van der Waals surface area (Å²) in [7, 11) is 0. The van der Waals surface area contributed by atoms with Gasteiger partial charge >= 0.3 is 0 Å². The van der Waals surface area contributed by atoms with Gasteiger partial charge in [-0.3, -0.25) is 0 Å². The molecule has 0 fully saturated rings. The minimum absolute atomic E-state index is 0.282. The van der Waals surface area contributed by atoms with E-state index < -0.39 is 11.5 Å². The molecule has 0 aromatic rings. The van der Waals surface area contributed by atoms with E-state index in [4.69, 9.17) is 0 Å². The van der Waals surface area contributed by atoms with Crippen LogP contribution in [0.1, 0.15) is 13.3 Å². The van der Waals surface area contributed by atoms with Crippen molar-refractivity contribution in [1.29, 1.82) is 0 Å². The quantitative estimate of drug-likeness (QED) is 0.529. The maximum atomic E-state index is 13.1. The van der Waals surface area contributed by atoms with Crippen LogP contribution in [0.25, 0.3) is 0 Å². The lowest BCUT2D eigenvalue weighted by atomic mass is 9.97. The van der Waals surface area contributed by atoms with Gasteiger partial charge in [0.05, 0.1) is 0 Å². The maximum Gasteiger partial charge on any atom is 0.149 e. The smallest absolute Gasteiger partial charge is 0.149 e. The first-order valence-electron chi connectivity index (χ1n) is 3.26. The Hall–Kier alpha value is -0.660. The fourth-order valence-corrected chi connectivity index (χ4v) is 0.845. The van der Waals surface area contributed by atoms with Crippen LogP contribution in [0.5, 0.6) is 0 Å². The lowest BCUT2D eigenvalue weighted by Crippen LogP contribution is -2.17. The first-order valence-corrected chi connectivity index (χ1v) is 3.26. The van der Waals surface area contributed by atoms with Crippen LogP contribution in [0.2, 0.25) is 0 Å². The molecule has 1 unspecified atom stereocenters. The van der Waals surface area contributed by atoms with Gasteiger partial charge in [0.15, 0.2) is 0 Å². The van der Waals surface area contributed by atoms with E-state index in [0.717, 1.165) is 6.08 Å². The van der Waals surface area contributed by atoms with Crippen molar-refractivity contribution in [3.63, 3.8) is 0 Å². The summed E-state index contributed by atoms with van der Waals surface area (Å²) in [5.74, 6) is -0.494. The van der Waals surface area contributed by atoms with Gasteiger partial charge in [0.2, 0.25) is 0 Å². The predicted octanol–water partition coefficient (Wildman–Crippen LogP) is 2.73. The summed E-state index contributed by atoms with van der Waals surface area (Å²) in [5, 5.41) is 0. The van der Waals surface area contributed by atoms with Gasteiger partial charge in [-0.25, -0.2) is 8.78 Å². The first-order chi connectivity index (χ1) is 4.66. The predicted molar refractivity (Wildman–Crippen MR) is 36.8 cm³/mol. The van der Waals surface area contributed by atoms with E-state index in [2.05, 4.69) is 0 Å². The fraction of sp³-hybridized carbons (Fsp3) is 0.375. The minimum Gasteiger partial charge on any atom is -0.235 e. The van der Waals surface area contributed by atoms with Crippen molar-refractivity contribution in [2.24, 2.45) is 0 Å². The summed E-state index contributed by atoms with van der Waals surface area (Å²) < 4.78 is 25.5. The number of allylic oxidation sites excluding steroid dienone is 4. The Bertz CT molecular complexity index is 182. The van der Waals surface area contributed by atoms with Crippen LogP contribution in [-0.4, -0.2) is 5.67 Å². The molecule has 0 heterocycles. The van der Waals surface area contributed by atoms with Crippen LogP contribution in [0.15, 0.2) is 24.1 Å². The second-order valence-electron chi connectivity index (χ2n) is 2.34. The molecule has 1 atom stereocenters. The highest BCUT2D eigenvalue weighted by Gasteiger charge is 2.24. The SMILES string of the molecule is CCC1(F)C=C[CH]C(F)=C1. The van der Waals surface area contributed by atoms with Crippen LogP contribution >= 0.6 is 0 Å². The zero-order valence-electron chi connectivity index (χ0n) is 5.77. The van der Waals surface area contributed by atoms with Crippen molar-refractivity contribution in [2.75, 3.05) is 0 Å². The van der Waals surface area contributed by atoms with E-state index in [1.807, 2.05) is 0 Å². The molecule has 0 aliphatic heterocycles.